The lowest BCUT2D eigenvalue weighted by Crippen LogP contribution is -3.10. The van der Waals surface area contributed by atoms with Crippen molar-refractivity contribution in [2.45, 2.75) is 6.11 Å². The van der Waals surface area contributed by atoms with Crippen LogP contribution in [0, 0.1) is 5.21 Å². The highest BCUT2D eigenvalue weighted by molar-refractivity contribution is 6.14. The van der Waals surface area contributed by atoms with Crippen molar-refractivity contribution in [3.05, 3.63) is 83.3 Å². The third-order valence-electron chi connectivity index (χ3n) is 4.07. The number of quaternary nitrogens is 1. The molecule has 1 atom stereocenters. The van der Waals surface area contributed by atoms with Crippen molar-refractivity contribution in [1.29, 1.82) is 0 Å². The molecule has 27 heavy (non-hydrogen) atoms. The Morgan fingerprint density at radius 1 is 1.04 bits per heavy atom. The number of para-hydroxylation sites is 1. The van der Waals surface area contributed by atoms with Gasteiger partial charge in [-0.2, -0.15) is 8.78 Å². The molecule has 0 saturated carbocycles. The predicted octanol–water partition coefficient (Wildman–Crippen LogP) is 3.19. The van der Waals surface area contributed by atoms with Crippen LogP contribution in [0.4, 0.5) is 8.78 Å². The van der Waals surface area contributed by atoms with E-state index in [2.05, 4.69) is 9.82 Å². The molecular weight excluding hydrogens is 358 g/mol. The van der Waals surface area contributed by atoms with Crippen LogP contribution in [0.5, 0.6) is 0 Å². The second-order valence-corrected chi connectivity index (χ2v) is 5.75. The van der Waals surface area contributed by atoms with Crippen molar-refractivity contribution in [2.24, 2.45) is 0 Å². The van der Waals surface area contributed by atoms with Gasteiger partial charge in [-0.1, -0.05) is 24.3 Å². The summed E-state index contributed by atoms with van der Waals surface area (Å²) in [5, 5.41) is 11.5. The number of halogens is 2. The quantitative estimate of drug-likeness (QED) is 0.558. The van der Waals surface area contributed by atoms with Gasteiger partial charge in [0.05, 0.1) is 11.1 Å². The van der Waals surface area contributed by atoms with E-state index < -0.39 is 22.8 Å². The molecule has 2 heterocycles. The van der Waals surface area contributed by atoms with Gasteiger partial charge in [-0.15, -0.1) is 10.1 Å². The number of hydroxylamine groups is 2. The van der Waals surface area contributed by atoms with Crippen LogP contribution in [0.25, 0.3) is 21.9 Å². The number of hydrogen-bond acceptors (Lipinski definition) is 5. The highest BCUT2D eigenvalue weighted by atomic mass is 19.3. The van der Waals surface area contributed by atoms with Crippen LogP contribution in [0.15, 0.2) is 71.4 Å². The summed E-state index contributed by atoms with van der Waals surface area (Å²) in [5.74, 6) is -1.18. The molecule has 4 rings (SSSR count). The normalized spacial score (nSPS) is 13.1. The number of amides is 1. The summed E-state index contributed by atoms with van der Waals surface area (Å²) in [4.78, 5) is 20.4. The van der Waals surface area contributed by atoms with Gasteiger partial charge in [0.25, 0.3) is 0 Å². The molecule has 1 amide bonds. The molecule has 8 heteroatoms. The van der Waals surface area contributed by atoms with Crippen LogP contribution in [0.3, 0.4) is 0 Å². The maximum absolute atomic E-state index is 14.1. The Hall–Kier alpha value is -3.20. The van der Waals surface area contributed by atoms with Gasteiger partial charge in [-0.05, 0) is 30.3 Å². The highest BCUT2D eigenvalue weighted by Crippen LogP contribution is 2.31. The van der Waals surface area contributed by atoms with Crippen molar-refractivity contribution in [2.75, 3.05) is 0 Å². The summed E-state index contributed by atoms with van der Waals surface area (Å²) in [6.45, 7) is 0. The lowest BCUT2D eigenvalue weighted by atomic mass is 10.1. The third kappa shape index (κ3) is 3.06. The van der Waals surface area contributed by atoms with Gasteiger partial charge in [-0.25, -0.2) is 4.79 Å². The number of fused-ring (bicyclic) bond motifs is 3. The zero-order chi connectivity index (χ0) is 19.0. The van der Waals surface area contributed by atoms with Crippen molar-refractivity contribution >= 4 is 27.8 Å². The number of carbonyl (C=O) groups excluding carboxylic acids is 1. The third-order valence-corrected chi connectivity index (χ3v) is 4.07. The number of nitrogens with one attached hydrogen (secondary N) is 1. The molecular formula is C19H12F2N2O4. The Labute approximate surface area is 151 Å². The van der Waals surface area contributed by atoms with Crippen molar-refractivity contribution in [3.8, 4) is 0 Å². The zero-order valence-electron chi connectivity index (χ0n) is 13.7. The minimum absolute atomic E-state index is 0.0621. The number of pyridine rings is 1. The fourth-order valence-electron chi connectivity index (χ4n) is 2.84. The van der Waals surface area contributed by atoms with Gasteiger partial charge < -0.3 is 9.62 Å². The van der Waals surface area contributed by atoms with E-state index in [0.717, 1.165) is 24.5 Å². The molecule has 0 aliphatic carbocycles. The summed E-state index contributed by atoms with van der Waals surface area (Å²) >= 11 is 0. The van der Waals surface area contributed by atoms with Crippen LogP contribution in [0.1, 0.15) is 15.9 Å². The Balaban J connectivity index is 1.70. The summed E-state index contributed by atoms with van der Waals surface area (Å²) in [5.41, 5.74) is 0.248. The Bertz CT molecular complexity index is 1130. The lowest BCUT2D eigenvalue weighted by molar-refractivity contribution is -1.01. The number of alkyl halides is 2. The number of carbonyl (C=O) groups is 1. The van der Waals surface area contributed by atoms with E-state index in [-0.39, 0.29) is 5.56 Å². The number of rotatable bonds is 4. The molecule has 0 aliphatic heterocycles. The first kappa shape index (κ1) is 17.2. The van der Waals surface area contributed by atoms with Gasteiger partial charge >= 0.3 is 12.0 Å². The van der Waals surface area contributed by atoms with Gasteiger partial charge in [-0.3, -0.25) is 4.98 Å². The SMILES string of the molecule is O=C(c1cccc2oc3ccccc3c12)[NH+]([O-])OC(F)(F)c1ccncc1. The number of aromatic nitrogens is 1. The minimum atomic E-state index is -3.96. The summed E-state index contributed by atoms with van der Waals surface area (Å²) in [7, 11) is 0. The topological polar surface area (TPSA) is 79.8 Å². The molecule has 0 bridgehead atoms. The zero-order valence-corrected chi connectivity index (χ0v) is 13.7. The summed E-state index contributed by atoms with van der Waals surface area (Å²) in [6.07, 6.45) is -1.68. The van der Waals surface area contributed by atoms with E-state index in [0.29, 0.717) is 21.9 Å². The summed E-state index contributed by atoms with van der Waals surface area (Å²) < 4.78 is 33.9. The molecule has 1 unspecified atom stereocenters. The number of hydrogen-bond donors (Lipinski definition) is 1. The van der Waals surface area contributed by atoms with Crippen LogP contribution in [-0.4, -0.2) is 10.9 Å². The molecule has 2 aromatic carbocycles. The van der Waals surface area contributed by atoms with E-state index in [1.165, 1.54) is 12.1 Å². The molecule has 0 spiro atoms. The minimum Gasteiger partial charge on any atom is -0.592 e. The molecule has 1 N–H and O–H groups in total. The second-order valence-electron chi connectivity index (χ2n) is 5.75. The Kier molecular flexibility index (Phi) is 4.15. The molecule has 136 valence electrons. The number of benzene rings is 2. The van der Waals surface area contributed by atoms with Gasteiger partial charge in [0.1, 0.15) is 11.2 Å². The predicted molar refractivity (Wildman–Crippen MR) is 91.6 cm³/mol. The van der Waals surface area contributed by atoms with E-state index in [4.69, 9.17) is 4.42 Å². The largest absolute Gasteiger partial charge is 0.592 e. The fraction of sp³-hybridized carbons (Fsp3) is 0.0526. The van der Waals surface area contributed by atoms with Crippen LogP contribution < -0.4 is 5.23 Å². The van der Waals surface area contributed by atoms with Crippen LogP contribution in [0.2, 0.25) is 0 Å². The van der Waals surface area contributed by atoms with E-state index >= 15 is 0 Å². The first-order valence-electron chi connectivity index (χ1n) is 7.93. The molecule has 0 fully saturated rings. The fourth-order valence-corrected chi connectivity index (χ4v) is 2.84. The van der Waals surface area contributed by atoms with Gasteiger partial charge in [0.15, 0.2) is 0 Å². The molecule has 2 aromatic heterocycles. The average Bonchev–Trinajstić information content (AvgIpc) is 3.06. The average molecular weight is 370 g/mol. The second kappa shape index (κ2) is 6.51. The Morgan fingerprint density at radius 3 is 2.52 bits per heavy atom. The maximum atomic E-state index is 14.1. The lowest BCUT2D eigenvalue weighted by Gasteiger charge is -2.23. The standard InChI is InChI=1S/C19H12F2N2O4/c20-19(21,12-8-10-22-11-9-12)27-23(25)18(24)14-5-3-7-16-17(14)13-4-1-2-6-15(13)26-16/h1-11,23H. The molecule has 4 aromatic rings. The van der Waals surface area contributed by atoms with Crippen molar-refractivity contribution in [3.63, 3.8) is 0 Å². The van der Waals surface area contributed by atoms with E-state index in [9.17, 15) is 18.8 Å². The smallest absolute Gasteiger partial charge is 0.430 e. The monoisotopic (exact) mass is 370 g/mol. The van der Waals surface area contributed by atoms with E-state index in [1.54, 1.807) is 30.3 Å². The van der Waals surface area contributed by atoms with E-state index in [1.807, 2.05) is 0 Å². The van der Waals surface area contributed by atoms with Crippen molar-refractivity contribution < 1.29 is 28.1 Å². The molecule has 0 radical (unpaired) electrons. The van der Waals surface area contributed by atoms with Crippen LogP contribution >= 0.6 is 0 Å². The van der Waals surface area contributed by atoms with Gasteiger partial charge in [0.2, 0.25) is 0 Å². The Morgan fingerprint density at radius 2 is 1.74 bits per heavy atom. The molecule has 0 saturated heterocycles. The summed E-state index contributed by atoms with van der Waals surface area (Å²) in [6, 6.07) is 13.4. The molecule has 0 aliphatic rings. The first-order valence-corrected chi connectivity index (χ1v) is 7.93. The highest BCUT2D eigenvalue weighted by Gasteiger charge is 2.39. The van der Waals surface area contributed by atoms with Crippen molar-refractivity contribution in [1.82, 2.24) is 4.98 Å². The molecule has 6 nitrogen and oxygen atoms in total. The van der Waals surface area contributed by atoms with Crippen LogP contribution in [-0.2, 0) is 10.9 Å². The number of nitrogens with zero attached hydrogens (tertiary/aromatic N) is 1. The maximum Gasteiger partial charge on any atom is 0.430 e. The van der Waals surface area contributed by atoms with Gasteiger partial charge in [0, 0.05) is 23.2 Å². The number of furan rings is 1. The first-order chi connectivity index (χ1) is 13.0.